The molecule has 7 nitrogen and oxygen atoms in total. The average Bonchev–Trinajstić information content (AvgIpc) is 2.78. The number of rotatable bonds is 11. The van der Waals surface area contributed by atoms with Gasteiger partial charge in [0.2, 0.25) is 5.78 Å². The van der Waals surface area contributed by atoms with E-state index in [0.717, 1.165) is 22.3 Å². The third kappa shape index (κ3) is 8.87. The van der Waals surface area contributed by atoms with Crippen molar-refractivity contribution in [2.45, 2.75) is 26.7 Å². The Kier molecular flexibility index (Phi) is 9.71. The maximum Gasteiger partial charge on any atom is 0.374 e. The summed E-state index contributed by atoms with van der Waals surface area (Å²) in [5, 5.41) is 8.11. The van der Waals surface area contributed by atoms with Crippen molar-refractivity contribution in [2.24, 2.45) is 10.2 Å². The molecular weight excluding hydrogens is 408 g/mol. The van der Waals surface area contributed by atoms with E-state index in [9.17, 15) is 14.4 Å². The van der Waals surface area contributed by atoms with E-state index in [1.165, 1.54) is 6.92 Å². The van der Waals surface area contributed by atoms with Gasteiger partial charge in [0.15, 0.2) is 0 Å². The van der Waals surface area contributed by atoms with E-state index in [4.69, 9.17) is 9.47 Å². The van der Waals surface area contributed by atoms with E-state index >= 15 is 0 Å². The van der Waals surface area contributed by atoms with Crippen LogP contribution in [0.1, 0.15) is 36.1 Å². The Morgan fingerprint density at radius 1 is 0.750 bits per heavy atom. The third-order valence-corrected chi connectivity index (χ3v) is 4.32. The molecule has 0 aliphatic carbocycles. The largest absolute Gasteiger partial charge is 0.462 e. The van der Waals surface area contributed by atoms with E-state index in [-0.39, 0.29) is 12.6 Å². The summed E-state index contributed by atoms with van der Waals surface area (Å²) >= 11 is 0. The molecular formula is C25H26N2O5. The standard InChI is InChI=1S/C25H26N2O5/c1-18(2)24(29)31-14-12-20-4-8-22(9-5-20)16-26-27-17-23-10-6-21(7-11-23)13-15-32-25(30)19(3)28/h4-11,16-17H,1,12-15H2,2-3H3/b26-16+,27-17+. The lowest BCUT2D eigenvalue weighted by Crippen LogP contribution is -2.15. The van der Waals surface area contributed by atoms with Gasteiger partial charge in [-0.3, -0.25) is 4.79 Å². The Labute approximate surface area is 187 Å². The zero-order valence-electron chi connectivity index (χ0n) is 18.2. The molecule has 0 fully saturated rings. The SMILES string of the molecule is C=C(C)C(=O)OCCc1ccc(/C=N/N=C/c2ccc(CCOC(=O)C(C)=O)cc2)cc1. The molecule has 0 unspecified atom stereocenters. The van der Waals surface area contributed by atoms with Crippen molar-refractivity contribution in [3.05, 3.63) is 82.9 Å². The molecule has 0 heterocycles. The van der Waals surface area contributed by atoms with Crippen LogP contribution in [-0.2, 0) is 36.7 Å². The summed E-state index contributed by atoms with van der Waals surface area (Å²) in [7, 11) is 0. The quantitative estimate of drug-likeness (QED) is 0.177. The van der Waals surface area contributed by atoms with E-state index in [1.54, 1.807) is 19.4 Å². The number of hydrogen-bond donors (Lipinski definition) is 0. The van der Waals surface area contributed by atoms with Crippen molar-refractivity contribution < 1.29 is 23.9 Å². The summed E-state index contributed by atoms with van der Waals surface area (Å²) in [5.74, 6) is -1.79. The van der Waals surface area contributed by atoms with Crippen LogP contribution in [0.15, 0.2) is 70.9 Å². The summed E-state index contributed by atoms with van der Waals surface area (Å²) < 4.78 is 9.93. The van der Waals surface area contributed by atoms with Gasteiger partial charge in [0.05, 0.1) is 25.6 Å². The maximum absolute atomic E-state index is 11.4. The molecule has 0 spiro atoms. The van der Waals surface area contributed by atoms with Gasteiger partial charge in [-0.15, -0.1) is 0 Å². The maximum atomic E-state index is 11.4. The second kappa shape index (κ2) is 12.7. The predicted octanol–water partition coefficient (Wildman–Crippen LogP) is 3.48. The molecule has 166 valence electrons. The first kappa shape index (κ1) is 24.4. The molecule has 0 saturated carbocycles. The minimum Gasteiger partial charge on any atom is -0.462 e. The molecule has 0 bridgehead atoms. The lowest BCUT2D eigenvalue weighted by Gasteiger charge is -2.04. The molecule has 0 N–H and O–H groups in total. The molecule has 0 aromatic heterocycles. The number of hydrogen-bond acceptors (Lipinski definition) is 7. The summed E-state index contributed by atoms with van der Waals surface area (Å²) in [4.78, 5) is 33.3. The van der Waals surface area contributed by atoms with Crippen LogP contribution in [0.3, 0.4) is 0 Å². The second-order valence-electron chi connectivity index (χ2n) is 7.08. The zero-order chi connectivity index (χ0) is 23.3. The number of benzene rings is 2. The minimum absolute atomic E-state index is 0.161. The van der Waals surface area contributed by atoms with E-state index < -0.39 is 11.8 Å². The fourth-order valence-electron chi connectivity index (χ4n) is 2.49. The van der Waals surface area contributed by atoms with E-state index in [0.29, 0.717) is 25.0 Å². The van der Waals surface area contributed by atoms with Gasteiger partial charge in [0.25, 0.3) is 0 Å². The second-order valence-corrected chi connectivity index (χ2v) is 7.08. The Morgan fingerprint density at radius 2 is 1.16 bits per heavy atom. The van der Waals surface area contributed by atoms with Crippen LogP contribution in [0, 0.1) is 0 Å². The predicted molar refractivity (Wildman–Crippen MR) is 123 cm³/mol. The van der Waals surface area contributed by atoms with Crippen LogP contribution in [0.5, 0.6) is 0 Å². The Hall–Kier alpha value is -3.87. The Morgan fingerprint density at radius 3 is 1.53 bits per heavy atom. The first-order valence-electron chi connectivity index (χ1n) is 10.1. The highest BCUT2D eigenvalue weighted by Gasteiger charge is 2.08. The fourth-order valence-corrected chi connectivity index (χ4v) is 2.49. The lowest BCUT2D eigenvalue weighted by atomic mass is 10.1. The van der Waals surface area contributed by atoms with Crippen LogP contribution < -0.4 is 0 Å². The van der Waals surface area contributed by atoms with Gasteiger partial charge >= 0.3 is 11.9 Å². The van der Waals surface area contributed by atoms with Gasteiger partial charge in [-0.2, -0.15) is 10.2 Å². The number of ketones is 1. The van der Waals surface area contributed by atoms with Gasteiger partial charge in [0, 0.05) is 25.3 Å². The topological polar surface area (TPSA) is 94.4 Å². The van der Waals surface area contributed by atoms with Gasteiger partial charge in [-0.25, -0.2) is 9.59 Å². The first-order chi connectivity index (χ1) is 15.3. The average molecular weight is 434 g/mol. The number of carbonyl (C=O) groups excluding carboxylic acids is 3. The van der Waals surface area contributed by atoms with Crippen LogP contribution in [0.4, 0.5) is 0 Å². The molecule has 2 rings (SSSR count). The highest BCUT2D eigenvalue weighted by Crippen LogP contribution is 2.06. The molecule has 0 atom stereocenters. The number of esters is 2. The third-order valence-electron chi connectivity index (χ3n) is 4.32. The van der Waals surface area contributed by atoms with Gasteiger partial charge in [-0.1, -0.05) is 55.1 Å². The number of carbonyl (C=O) groups is 3. The van der Waals surface area contributed by atoms with Crippen LogP contribution in [0.2, 0.25) is 0 Å². The van der Waals surface area contributed by atoms with Crippen molar-refractivity contribution in [1.29, 1.82) is 0 Å². The van der Waals surface area contributed by atoms with Crippen molar-refractivity contribution in [3.63, 3.8) is 0 Å². The van der Waals surface area contributed by atoms with Crippen molar-refractivity contribution in [2.75, 3.05) is 13.2 Å². The van der Waals surface area contributed by atoms with Gasteiger partial charge in [-0.05, 0) is 29.2 Å². The molecule has 32 heavy (non-hydrogen) atoms. The zero-order valence-corrected chi connectivity index (χ0v) is 18.2. The van der Waals surface area contributed by atoms with Crippen LogP contribution in [0.25, 0.3) is 0 Å². The molecule has 2 aromatic carbocycles. The summed E-state index contributed by atoms with van der Waals surface area (Å²) in [5.41, 5.74) is 4.21. The van der Waals surface area contributed by atoms with E-state index in [1.807, 2.05) is 48.5 Å². The summed E-state index contributed by atoms with van der Waals surface area (Å²) in [6.07, 6.45) is 4.45. The van der Waals surface area contributed by atoms with Gasteiger partial charge in [0.1, 0.15) is 0 Å². The Balaban J connectivity index is 1.76. The number of nitrogens with zero attached hydrogens (tertiary/aromatic N) is 2. The Bertz CT molecular complexity index is 922. The lowest BCUT2D eigenvalue weighted by molar-refractivity contribution is -0.152. The molecule has 0 radical (unpaired) electrons. The van der Waals surface area contributed by atoms with Crippen molar-refractivity contribution >= 4 is 30.2 Å². The first-order valence-corrected chi connectivity index (χ1v) is 10.1. The number of ether oxygens (including phenoxy) is 2. The van der Waals surface area contributed by atoms with Gasteiger partial charge < -0.3 is 9.47 Å². The fraction of sp³-hybridized carbons (Fsp3) is 0.240. The van der Waals surface area contributed by atoms with Crippen molar-refractivity contribution in [1.82, 2.24) is 0 Å². The summed E-state index contributed by atoms with van der Waals surface area (Å²) in [6.45, 7) is 6.82. The molecule has 7 heteroatoms. The molecule has 0 aliphatic heterocycles. The van der Waals surface area contributed by atoms with Crippen LogP contribution in [-0.4, -0.2) is 43.4 Å². The highest BCUT2D eigenvalue weighted by atomic mass is 16.5. The van der Waals surface area contributed by atoms with Crippen LogP contribution >= 0.6 is 0 Å². The minimum atomic E-state index is -0.814. The molecule has 0 amide bonds. The molecule has 2 aromatic rings. The molecule has 0 saturated heterocycles. The normalized spacial score (nSPS) is 10.9. The summed E-state index contributed by atoms with van der Waals surface area (Å²) in [6, 6.07) is 15.3. The molecule has 0 aliphatic rings. The monoisotopic (exact) mass is 434 g/mol. The van der Waals surface area contributed by atoms with E-state index in [2.05, 4.69) is 16.8 Å². The van der Waals surface area contributed by atoms with Crippen molar-refractivity contribution in [3.8, 4) is 0 Å². The smallest absolute Gasteiger partial charge is 0.374 e. The highest BCUT2D eigenvalue weighted by molar-refractivity contribution is 6.32. The number of Topliss-reactive ketones (excluding diaryl/α,β-unsaturated/α-hetero) is 1.